The van der Waals surface area contributed by atoms with Gasteiger partial charge in [-0.1, -0.05) is 50.6 Å². The first-order valence-corrected chi connectivity index (χ1v) is 7.93. The minimum atomic E-state index is 0.0853. The van der Waals surface area contributed by atoms with E-state index in [4.69, 9.17) is 11.6 Å². The van der Waals surface area contributed by atoms with Gasteiger partial charge in [0.25, 0.3) is 0 Å². The Hall–Kier alpha value is -1.88. The van der Waals surface area contributed by atoms with Crippen LogP contribution in [0.3, 0.4) is 0 Å². The molecule has 0 saturated heterocycles. The lowest BCUT2D eigenvalue weighted by atomic mass is 10.1. The third kappa shape index (κ3) is 4.84. The van der Waals surface area contributed by atoms with Crippen molar-refractivity contribution in [2.45, 2.75) is 33.2 Å². The van der Waals surface area contributed by atoms with Gasteiger partial charge in [-0.2, -0.15) is 15.0 Å². The molecule has 2 atom stereocenters. The lowest BCUT2D eigenvalue weighted by molar-refractivity contribution is 0.591. The molecule has 0 bridgehead atoms. The Bertz CT molecular complexity index is 590. The summed E-state index contributed by atoms with van der Waals surface area (Å²) in [6, 6.07) is 10.2. The maximum atomic E-state index is 5.99. The highest BCUT2D eigenvalue weighted by molar-refractivity contribution is 6.28. The molecule has 6 heteroatoms. The van der Waals surface area contributed by atoms with Crippen LogP contribution in [0, 0.1) is 5.92 Å². The van der Waals surface area contributed by atoms with Crippen LogP contribution in [0.25, 0.3) is 0 Å². The summed E-state index contributed by atoms with van der Waals surface area (Å²) in [7, 11) is 0. The Morgan fingerprint density at radius 3 is 2.41 bits per heavy atom. The second-order valence-corrected chi connectivity index (χ2v) is 5.76. The lowest BCUT2D eigenvalue weighted by Crippen LogP contribution is -2.15. The number of nitrogens with one attached hydrogen (secondary N) is 2. The van der Waals surface area contributed by atoms with Crippen molar-refractivity contribution in [1.29, 1.82) is 0 Å². The topological polar surface area (TPSA) is 62.7 Å². The largest absolute Gasteiger partial charge is 0.354 e. The van der Waals surface area contributed by atoms with E-state index in [1.807, 2.05) is 18.2 Å². The highest BCUT2D eigenvalue weighted by Crippen LogP contribution is 2.18. The summed E-state index contributed by atoms with van der Waals surface area (Å²) in [5.41, 5.74) is 1.16. The van der Waals surface area contributed by atoms with Crippen molar-refractivity contribution in [1.82, 2.24) is 15.0 Å². The molecule has 1 aromatic heterocycles. The fourth-order valence-corrected chi connectivity index (χ4v) is 2.08. The molecule has 0 aliphatic carbocycles. The minimum Gasteiger partial charge on any atom is -0.354 e. The van der Waals surface area contributed by atoms with Gasteiger partial charge >= 0.3 is 0 Å². The van der Waals surface area contributed by atoms with Crippen molar-refractivity contribution in [3.8, 4) is 0 Å². The van der Waals surface area contributed by atoms with Crippen LogP contribution in [0.1, 0.15) is 38.8 Å². The van der Waals surface area contributed by atoms with E-state index < -0.39 is 0 Å². The zero-order valence-electron chi connectivity index (χ0n) is 13.2. The Balaban J connectivity index is 2.06. The predicted octanol–water partition coefficient (Wildman–Crippen LogP) is 4.16. The molecule has 5 nitrogen and oxygen atoms in total. The molecule has 1 aromatic carbocycles. The molecule has 1 heterocycles. The van der Waals surface area contributed by atoms with Crippen molar-refractivity contribution in [2.75, 3.05) is 17.2 Å². The van der Waals surface area contributed by atoms with Gasteiger partial charge in [0.05, 0.1) is 6.04 Å². The van der Waals surface area contributed by atoms with Gasteiger partial charge in [0.2, 0.25) is 17.2 Å². The van der Waals surface area contributed by atoms with Crippen LogP contribution in [0.2, 0.25) is 5.28 Å². The SMILES string of the molecule is CCC(C)CNc1nc(Cl)nc(N[C@H](C)c2ccccc2)n1. The summed E-state index contributed by atoms with van der Waals surface area (Å²) < 4.78 is 0. The van der Waals surface area contributed by atoms with Gasteiger partial charge in [0.1, 0.15) is 0 Å². The lowest BCUT2D eigenvalue weighted by Gasteiger charge is -2.15. The summed E-state index contributed by atoms with van der Waals surface area (Å²) in [6.45, 7) is 7.19. The monoisotopic (exact) mass is 319 g/mol. The van der Waals surface area contributed by atoms with Gasteiger partial charge in [0, 0.05) is 6.54 Å². The van der Waals surface area contributed by atoms with Gasteiger partial charge in [-0.05, 0) is 30.0 Å². The van der Waals surface area contributed by atoms with Crippen molar-refractivity contribution in [3.05, 3.63) is 41.2 Å². The summed E-state index contributed by atoms with van der Waals surface area (Å²) in [6.07, 6.45) is 1.10. The van der Waals surface area contributed by atoms with Gasteiger partial charge < -0.3 is 10.6 Å². The van der Waals surface area contributed by atoms with Gasteiger partial charge in [-0.3, -0.25) is 0 Å². The third-order valence-electron chi connectivity index (χ3n) is 3.56. The number of nitrogens with zero attached hydrogens (tertiary/aromatic N) is 3. The van der Waals surface area contributed by atoms with Gasteiger partial charge in [-0.15, -0.1) is 0 Å². The molecule has 118 valence electrons. The van der Waals surface area contributed by atoms with Gasteiger partial charge in [0.15, 0.2) is 0 Å². The Morgan fingerprint density at radius 1 is 1.05 bits per heavy atom. The van der Waals surface area contributed by atoms with E-state index in [-0.39, 0.29) is 11.3 Å². The summed E-state index contributed by atoms with van der Waals surface area (Å²) in [4.78, 5) is 12.6. The van der Waals surface area contributed by atoms with E-state index in [9.17, 15) is 0 Å². The summed E-state index contributed by atoms with van der Waals surface area (Å²) in [5.74, 6) is 1.53. The second-order valence-electron chi connectivity index (χ2n) is 5.42. The van der Waals surface area contributed by atoms with Gasteiger partial charge in [-0.25, -0.2) is 0 Å². The molecule has 2 aromatic rings. The van der Waals surface area contributed by atoms with Crippen molar-refractivity contribution < 1.29 is 0 Å². The van der Waals surface area contributed by atoms with Crippen molar-refractivity contribution in [2.24, 2.45) is 5.92 Å². The minimum absolute atomic E-state index is 0.0853. The molecule has 0 radical (unpaired) electrons. The summed E-state index contributed by atoms with van der Waals surface area (Å²) in [5, 5.41) is 6.64. The molecule has 22 heavy (non-hydrogen) atoms. The highest BCUT2D eigenvalue weighted by Gasteiger charge is 2.10. The number of aromatic nitrogens is 3. The molecule has 0 saturated carbocycles. The van der Waals surface area contributed by atoms with Crippen LogP contribution in [-0.2, 0) is 0 Å². The van der Waals surface area contributed by atoms with Crippen LogP contribution >= 0.6 is 11.6 Å². The smallest absolute Gasteiger partial charge is 0.229 e. The Morgan fingerprint density at radius 2 is 1.73 bits per heavy atom. The molecule has 0 aliphatic rings. The average Bonchev–Trinajstić information content (AvgIpc) is 2.53. The van der Waals surface area contributed by atoms with Crippen molar-refractivity contribution >= 4 is 23.5 Å². The Labute approximate surface area is 136 Å². The van der Waals surface area contributed by atoms with E-state index in [1.165, 1.54) is 0 Å². The molecule has 0 fully saturated rings. The van der Waals surface area contributed by atoms with Crippen LogP contribution in [-0.4, -0.2) is 21.5 Å². The van der Waals surface area contributed by atoms with Crippen molar-refractivity contribution in [3.63, 3.8) is 0 Å². The summed E-state index contributed by atoms with van der Waals surface area (Å²) >= 11 is 5.99. The molecular formula is C16H22ClN5. The normalized spacial score (nSPS) is 13.5. The third-order valence-corrected chi connectivity index (χ3v) is 3.73. The maximum absolute atomic E-state index is 5.99. The first-order valence-electron chi connectivity index (χ1n) is 7.55. The van der Waals surface area contributed by atoms with E-state index in [2.05, 4.69) is 58.5 Å². The fraction of sp³-hybridized carbons (Fsp3) is 0.438. The highest BCUT2D eigenvalue weighted by atomic mass is 35.5. The van der Waals surface area contributed by atoms with Crippen LogP contribution in [0.15, 0.2) is 30.3 Å². The van der Waals surface area contributed by atoms with E-state index in [0.29, 0.717) is 17.8 Å². The number of benzene rings is 1. The zero-order valence-corrected chi connectivity index (χ0v) is 13.9. The maximum Gasteiger partial charge on any atom is 0.229 e. The first kappa shape index (κ1) is 16.5. The molecule has 2 rings (SSSR count). The van der Waals surface area contributed by atoms with E-state index >= 15 is 0 Å². The van der Waals surface area contributed by atoms with Crippen LogP contribution in [0.5, 0.6) is 0 Å². The van der Waals surface area contributed by atoms with E-state index in [1.54, 1.807) is 0 Å². The standard InChI is InChI=1S/C16H22ClN5/c1-4-11(2)10-18-15-20-14(17)21-16(22-15)19-12(3)13-8-6-5-7-9-13/h5-9,11-12H,4,10H2,1-3H3,(H2,18,19,20,21,22)/t11?,12-/m1/s1. The second kappa shape index (κ2) is 7.94. The molecule has 0 spiro atoms. The molecular weight excluding hydrogens is 298 g/mol. The van der Waals surface area contributed by atoms with Crippen LogP contribution in [0.4, 0.5) is 11.9 Å². The molecule has 2 N–H and O–H groups in total. The quantitative estimate of drug-likeness (QED) is 0.802. The fourth-order valence-electron chi connectivity index (χ4n) is 1.92. The zero-order chi connectivity index (χ0) is 15.9. The Kier molecular flexibility index (Phi) is 5.95. The average molecular weight is 320 g/mol. The molecule has 1 unspecified atom stereocenters. The predicted molar refractivity (Wildman–Crippen MR) is 91.3 cm³/mol. The number of halogens is 1. The van der Waals surface area contributed by atoms with Crippen LogP contribution < -0.4 is 10.6 Å². The number of hydrogen-bond donors (Lipinski definition) is 2. The number of rotatable bonds is 7. The number of hydrogen-bond acceptors (Lipinski definition) is 5. The molecule has 0 aliphatic heterocycles. The first-order chi connectivity index (χ1) is 10.6. The molecule has 0 amide bonds. The number of anilines is 2. The van der Waals surface area contributed by atoms with E-state index in [0.717, 1.165) is 18.5 Å².